The molecule has 1 amide bonds. The Kier molecular flexibility index (Phi) is 3.78. The van der Waals surface area contributed by atoms with Crippen LogP contribution in [-0.2, 0) is 4.79 Å². The van der Waals surface area contributed by atoms with Crippen LogP contribution in [0.25, 0.3) is 32.9 Å². The van der Waals surface area contributed by atoms with Crippen molar-refractivity contribution in [1.29, 1.82) is 5.26 Å². The maximum Gasteiger partial charge on any atom is 0.230 e. The van der Waals surface area contributed by atoms with Crippen LogP contribution in [-0.4, -0.2) is 20.9 Å². The largest absolute Gasteiger partial charge is 0.346 e. The zero-order valence-corrected chi connectivity index (χ0v) is 15.4. The van der Waals surface area contributed by atoms with Crippen molar-refractivity contribution in [3.8, 4) is 17.2 Å². The Balaban J connectivity index is 1.55. The summed E-state index contributed by atoms with van der Waals surface area (Å²) in [6.07, 6.45) is 5.88. The highest BCUT2D eigenvalue weighted by Gasteiger charge is 2.43. The number of fused-ring (bicyclic) bond motifs is 2. The number of pyridine rings is 2. The first-order valence-corrected chi connectivity index (χ1v) is 9.24. The Labute approximate surface area is 165 Å². The van der Waals surface area contributed by atoms with Crippen molar-refractivity contribution in [3.05, 3.63) is 53.9 Å². The normalized spacial score (nSPS) is 18.1. The zero-order valence-electron chi connectivity index (χ0n) is 14.6. The minimum Gasteiger partial charge on any atom is -0.346 e. The predicted molar refractivity (Wildman–Crippen MR) is 108 cm³/mol. The Morgan fingerprint density at radius 1 is 1.25 bits per heavy atom. The van der Waals surface area contributed by atoms with Crippen molar-refractivity contribution in [2.75, 3.05) is 5.32 Å². The maximum atomic E-state index is 12.2. The van der Waals surface area contributed by atoms with Crippen LogP contribution in [0.3, 0.4) is 0 Å². The van der Waals surface area contributed by atoms with Gasteiger partial charge in [-0.25, -0.2) is 9.97 Å². The van der Waals surface area contributed by atoms with Crippen molar-refractivity contribution < 1.29 is 4.79 Å². The van der Waals surface area contributed by atoms with E-state index in [9.17, 15) is 4.79 Å². The van der Waals surface area contributed by atoms with Crippen LogP contribution in [0.5, 0.6) is 0 Å². The highest BCUT2D eigenvalue weighted by Crippen LogP contribution is 2.39. The summed E-state index contributed by atoms with van der Waals surface area (Å²) in [4.78, 5) is 24.0. The Hall–Kier alpha value is -3.43. The van der Waals surface area contributed by atoms with E-state index in [0.29, 0.717) is 17.3 Å². The third-order valence-electron chi connectivity index (χ3n) is 5.10. The number of H-pyrrole nitrogens is 1. The molecule has 0 radical (unpaired) electrons. The second-order valence-electron chi connectivity index (χ2n) is 6.91. The maximum absolute atomic E-state index is 12.2. The molecule has 6 nitrogen and oxygen atoms in total. The molecule has 0 unspecified atom stereocenters. The molecule has 1 aromatic carbocycles. The number of nitrogens with zero attached hydrogens (tertiary/aromatic N) is 3. The van der Waals surface area contributed by atoms with E-state index in [1.165, 1.54) is 0 Å². The van der Waals surface area contributed by atoms with E-state index in [4.69, 9.17) is 16.9 Å². The van der Waals surface area contributed by atoms with Crippen LogP contribution in [0.15, 0.2) is 48.9 Å². The molecule has 3 heterocycles. The van der Waals surface area contributed by atoms with Crippen molar-refractivity contribution in [2.24, 2.45) is 11.8 Å². The first-order valence-electron chi connectivity index (χ1n) is 8.86. The monoisotopic (exact) mass is 387 g/mol. The molecular weight excluding hydrogens is 374 g/mol. The van der Waals surface area contributed by atoms with Gasteiger partial charge in [0.15, 0.2) is 0 Å². The van der Waals surface area contributed by atoms with E-state index in [0.717, 1.165) is 32.9 Å². The summed E-state index contributed by atoms with van der Waals surface area (Å²) in [7, 11) is 0. The first-order chi connectivity index (χ1) is 13.6. The molecule has 136 valence electrons. The van der Waals surface area contributed by atoms with Gasteiger partial charge in [0, 0.05) is 29.4 Å². The Bertz CT molecular complexity index is 1290. The molecule has 28 heavy (non-hydrogen) atoms. The van der Waals surface area contributed by atoms with Crippen molar-refractivity contribution >= 4 is 45.1 Å². The number of carbonyl (C=O) groups excluding carboxylic acids is 1. The molecule has 2 N–H and O–H groups in total. The number of benzene rings is 1. The number of aromatic amines is 1. The van der Waals surface area contributed by atoms with Gasteiger partial charge < -0.3 is 10.3 Å². The third kappa shape index (κ3) is 2.77. The molecule has 0 spiro atoms. The molecule has 2 atom stereocenters. The number of nitrogens with one attached hydrogen (secondary N) is 2. The van der Waals surface area contributed by atoms with E-state index >= 15 is 0 Å². The lowest BCUT2D eigenvalue weighted by Gasteiger charge is -2.09. The van der Waals surface area contributed by atoms with Gasteiger partial charge in [0.2, 0.25) is 5.91 Å². The predicted octanol–water partition coefficient (Wildman–Crippen LogP) is 4.53. The molecule has 1 fully saturated rings. The van der Waals surface area contributed by atoms with Crippen molar-refractivity contribution in [2.45, 2.75) is 6.42 Å². The molecular formula is C21H14ClN5O. The number of aromatic nitrogens is 3. The fraction of sp³-hybridized carbons (Fsp3) is 0.143. The van der Waals surface area contributed by atoms with Crippen molar-refractivity contribution in [3.63, 3.8) is 0 Å². The summed E-state index contributed by atoms with van der Waals surface area (Å²) in [5, 5.41) is 15.0. The van der Waals surface area contributed by atoms with E-state index in [2.05, 4.69) is 26.3 Å². The average molecular weight is 388 g/mol. The topological polar surface area (TPSA) is 94.5 Å². The van der Waals surface area contributed by atoms with E-state index < -0.39 is 0 Å². The molecule has 0 aliphatic heterocycles. The molecule has 5 rings (SSSR count). The summed E-state index contributed by atoms with van der Waals surface area (Å²) in [5.41, 5.74) is 2.79. The summed E-state index contributed by atoms with van der Waals surface area (Å²) >= 11 is 6.51. The molecule has 7 heteroatoms. The number of hydrogen-bond donors (Lipinski definition) is 2. The summed E-state index contributed by atoms with van der Waals surface area (Å²) in [6, 6.07) is 11.8. The molecule has 1 aliphatic carbocycles. The number of rotatable bonds is 3. The number of halogens is 1. The van der Waals surface area contributed by atoms with Crippen LogP contribution >= 0.6 is 11.6 Å². The number of hydrogen-bond acceptors (Lipinski definition) is 4. The summed E-state index contributed by atoms with van der Waals surface area (Å²) < 4.78 is 0. The van der Waals surface area contributed by atoms with Gasteiger partial charge >= 0.3 is 0 Å². The number of carbonyl (C=O) groups is 1. The van der Waals surface area contributed by atoms with Crippen LogP contribution < -0.4 is 5.32 Å². The van der Waals surface area contributed by atoms with Crippen LogP contribution in [0, 0.1) is 23.2 Å². The minimum absolute atomic E-state index is 0.163. The van der Waals surface area contributed by atoms with Gasteiger partial charge in [-0.2, -0.15) is 5.26 Å². The fourth-order valence-electron chi connectivity index (χ4n) is 3.50. The Morgan fingerprint density at radius 3 is 2.96 bits per heavy atom. The van der Waals surface area contributed by atoms with Crippen molar-refractivity contribution in [1.82, 2.24) is 15.0 Å². The third-order valence-corrected chi connectivity index (χ3v) is 5.41. The number of anilines is 1. The van der Waals surface area contributed by atoms with E-state index in [1.807, 2.05) is 36.5 Å². The standard InChI is InChI=1S/C21H14ClN5O/c22-18-7-11(14-1-3-24-20-15(14)2-4-25-20)5-12-8-19(26-10-17(12)18)27-21(28)16-6-13(16)9-23/h1-5,7-8,10,13,16H,6H2,(H,24,25)(H,26,27,28)/t13-,16+/m0/s1. The molecule has 1 saturated carbocycles. The summed E-state index contributed by atoms with van der Waals surface area (Å²) in [6.45, 7) is 0. The van der Waals surface area contributed by atoms with Gasteiger partial charge in [0.1, 0.15) is 11.5 Å². The van der Waals surface area contributed by atoms with E-state index in [1.54, 1.807) is 12.4 Å². The smallest absolute Gasteiger partial charge is 0.230 e. The second kappa shape index (κ2) is 6.32. The molecule has 1 aliphatic rings. The van der Waals surface area contributed by atoms with Crippen LogP contribution in [0.1, 0.15) is 6.42 Å². The molecule has 3 aromatic heterocycles. The highest BCUT2D eigenvalue weighted by atomic mass is 35.5. The van der Waals surface area contributed by atoms with Gasteiger partial charge in [-0.05, 0) is 53.3 Å². The van der Waals surface area contributed by atoms with Gasteiger partial charge in [-0.15, -0.1) is 0 Å². The number of nitriles is 1. The van der Waals surface area contributed by atoms with Gasteiger partial charge in [-0.1, -0.05) is 11.6 Å². The van der Waals surface area contributed by atoms with Gasteiger partial charge in [0.25, 0.3) is 0 Å². The SMILES string of the molecule is N#C[C@@H]1C[C@H]1C(=O)Nc1cc2cc(-c3ccnc4[nH]ccc34)cc(Cl)c2cn1. The molecule has 4 aromatic rings. The fourth-order valence-corrected chi connectivity index (χ4v) is 3.77. The number of amides is 1. The lowest BCUT2D eigenvalue weighted by molar-refractivity contribution is -0.117. The summed E-state index contributed by atoms with van der Waals surface area (Å²) in [5.74, 6) is -0.132. The van der Waals surface area contributed by atoms with E-state index in [-0.39, 0.29) is 17.7 Å². The zero-order chi connectivity index (χ0) is 19.3. The lowest BCUT2D eigenvalue weighted by Crippen LogP contribution is -2.15. The second-order valence-corrected chi connectivity index (χ2v) is 7.32. The van der Waals surface area contributed by atoms with Gasteiger partial charge in [0.05, 0.1) is 22.9 Å². The average Bonchev–Trinajstić information content (AvgIpc) is 3.34. The van der Waals surface area contributed by atoms with Crippen LogP contribution in [0.4, 0.5) is 5.82 Å². The van der Waals surface area contributed by atoms with Gasteiger partial charge in [-0.3, -0.25) is 4.79 Å². The molecule has 0 bridgehead atoms. The first kappa shape index (κ1) is 16.7. The quantitative estimate of drug-likeness (QED) is 0.540. The highest BCUT2D eigenvalue weighted by molar-refractivity contribution is 6.36. The minimum atomic E-state index is -0.240. The lowest BCUT2D eigenvalue weighted by atomic mass is 10.0. The molecule has 0 saturated heterocycles. The Morgan fingerprint density at radius 2 is 2.14 bits per heavy atom. The van der Waals surface area contributed by atoms with Crippen LogP contribution in [0.2, 0.25) is 5.02 Å².